The van der Waals surface area contributed by atoms with Crippen molar-refractivity contribution in [2.45, 2.75) is 11.4 Å². The van der Waals surface area contributed by atoms with Crippen molar-refractivity contribution in [1.82, 2.24) is 9.73 Å². The van der Waals surface area contributed by atoms with Crippen LogP contribution in [0.2, 0.25) is 10.0 Å². The number of hydrogen-bond donors (Lipinski definition) is 1. The van der Waals surface area contributed by atoms with E-state index in [9.17, 15) is 13.2 Å². The Balaban J connectivity index is 1.87. The molecule has 0 heterocycles. The van der Waals surface area contributed by atoms with Gasteiger partial charge in [0.2, 0.25) is 10.0 Å². The first kappa shape index (κ1) is 26.5. The second-order valence-corrected chi connectivity index (χ2v) is 9.98. The number of benzene rings is 3. The lowest BCUT2D eigenvalue weighted by Crippen LogP contribution is -2.39. The molecule has 0 spiro atoms. The van der Waals surface area contributed by atoms with Crippen LogP contribution in [-0.2, 0) is 21.4 Å². The van der Waals surface area contributed by atoms with Gasteiger partial charge in [0.15, 0.2) is 0 Å². The van der Waals surface area contributed by atoms with Crippen LogP contribution >= 0.6 is 23.2 Å². The number of hydrazone groups is 1. The number of sulfonamides is 1. The van der Waals surface area contributed by atoms with Crippen molar-refractivity contribution in [2.75, 3.05) is 20.8 Å². The molecular formula is C24H23Cl2N3O5S. The van der Waals surface area contributed by atoms with Gasteiger partial charge in [-0.3, -0.25) is 4.79 Å². The maximum absolute atomic E-state index is 13.6. The van der Waals surface area contributed by atoms with Crippen LogP contribution in [0.5, 0.6) is 11.5 Å². The Morgan fingerprint density at radius 1 is 1.03 bits per heavy atom. The predicted octanol–water partition coefficient (Wildman–Crippen LogP) is 4.35. The molecule has 184 valence electrons. The van der Waals surface area contributed by atoms with Gasteiger partial charge in [-0.15, -0.1) is 0 Å². The fourth-order valence-corrected chi connectivity index (χ4v) is 5.13. The van der Waals surface area contributed by atoms with Gasteiger partial charge in [-0.25, -0.2) is 13.8 Å². The summed E-state index contributed by atoms with van der Waals surface area (Å²) in [6.45, 7) is -0.549. The van der Waals surface area contributed by atoms with E-state index in [1.807, 2.05) is 6.07 Å². The normalized spacial score (nSPS) is 11.6. The van der Waals surface area contributed by atoms with Crippen molar-refractivity contribution in [1.29, 1.82) is 0 Å². The molecule has 0 bridgehead atoms. The van der Waals surface area contributed by atoms with E-state index in [0.29, 0.717) is 26.9 Å². The minimum atomic E-state index is -4.18. The van der Waals surface area contributed by atoms with E-state index in [1.54, 1.807) is 48.5 Å². The highest BCUT2D eigenvalue weighted by atomic mass is 35.5. The molecule has 0 saturated heterocycles. The first-order valence-electron chi connectivity index (χ1n) is 10.3. The van der Waals surface area contributed by atoms with Crippen LogP contribution in [0, 0.1) is 0 Å². The number of carbonyl (C=O) groups excluding carboxylic acids is 1. The quantitative estimate of drug-likeness (QED) is 0.307. The Kier molecular flexibility index (Phi) is 9.11. The number of methoxy groups -OCH3 is 2. The lowest BCUT2D eigenvalue weighted by Gasteiger charge is -2.23. The topological polar surface area (TPSA) is 97.3 Å². The van der Waals surface area contributed by atoms with Crippen LogP contribution in [0.4, 0.5) is 0 Å². The molecule has 35 heavy (non-hydrogen) atoms. The second kappa shape index (κ2) is 12.0. The Labute approximate surface area is 214 Å². The summed E-state index contributed by atoms with van der Waals surface area (Å²) in [4.78, 5) is 12.6. The Morgan fingerprint density at radius 3 is 2.43 bits per heavy atom. The van der Waals surface area contributed by atoms with E-state index < -0.39 is 22.5 Å². The Bertz CT molecular complexity index is 1320. The molecule has 0 saturated carbocycles. The summed E-state index contributed by atoms with van der Waals surface area (Å²) >= 11 is 12.0. The van der Waals surface area contributed by atoms with Gasteiger partial charge in [0.25, 0.3) is 5.91 Å². The van der Waals surface area contributed by atoms with Crippen molar-refractivity contribution in [3.63, 3.8) is 0 Å². The largest absolute Gasteiger partial charge is 0.497 e. The van der Waals surface area contributed by atoms with Gasteiger partial charge in [-0.2, -0.15) is 9.41 Å². The van der Waals surface area contributed by atoms with E-state index in [4.69, 9.17) is 32.7 Å². The van der Waals surface area contributed by atoms with E-state index in [1.165, 1.54) is 32.6 Å². The summed E-state index contributed by atoms with van der Waals surface area (Å²) in [5, 5.41) is 4.71. The third-order valence-electron chi connectivity index (χ3n) is 4.87. The zero-order valence-corrected chi connectivity index (χ0v) is 21.3. The van der Waals surface area contributed by atoms with Crippen molar-refractivity contribution in [2.24, 2.45) is 5.10 Å². The summed E-state index contributed by atoms with van der Waals surface area (Å²) in [5.41, 5.74) is 3.57. The minimum absolute atomic E-state index is 0.0519. The van der Waals surface area contributed by atoms with Gasteiger partial charge < -0.3 is 9.47 Å². The molecular weight excluding hydrogens is 513 g/mol. The molecule has 3 rings (SSSR count). The fraction of sp³-hybridized carbons (Fsp3) is 0.167. The average Bonchev–Trinajstić information content (AvgIpc) is 2.85. The lowest BCUT2D eigenvalue weighted by molar-refractivity contribution is -0.121. The van der Waals surface area contributed by atoms with E-state index in [0.717, 1.165) is 4.31 Å². The number of halogens is 2. The van der Waals surface area contributed by atoms with Gasteiger partial charge >= 0.3 is 0 Å². The monoisotopic (exact) mass is 535 g/mol. The van der Waals surface area contributed by atoms with Crippen LogP contribution in [-0.4, -0.2) is 45.6 Å². The highest BCUT2D eigenvalue weighted by molar-refractivity contribution is 7.89. The Hall–Kier alpha value is -3.11. The highest BCUT2D eigenvalue weighted by Crippen LogP contribution is 2.31. The molecule has 0 aliphatic rings. The van der Waals surface area contributed by atoms with E-state index in [-0.39, 0.29) is 17.2 Å². The zero-order chi connectivity index (χ0) is 25.4. The highest BCUT2D eigenvalue weighted by Gasteiger charge is 2.30. The van der Waals surface area contributed by atoms with Gasteiger partial charge in [0, 0.05) is 23.2 Å². The van der Waals surface area contributed by atoms with Gasteiger partial charge in [-0.1, -0.05) is 59.6 Å². The number of ether oxygens (including phenoxy) is 2. The molecule has 1 N–H and O–H groups in total. The molecule has 3 aromatic rings. The van der Waals surface area contributed by atoms with Crippen LogP contribution in [0.3, 0.4) is 0 Å². The number of amides is 1. The molecule has 8 nitrogen and oxygen atoms in total. The number of hydrogen-bond acceptors (Lipinski definition) is 6. The maximum Gasteiger partial charge on any atom is 0.255 e. The summed E-state index contributed by atoms with van der Waals surface area (Å²) in [7, 11) is -1.38. The van der Waals surface area contributed by atoms with E-state index in [2.05, 4.69) is 10.5 Å². The Morgan fingerprint density at radius 2 is 1.77 bits per heavy atom. The standard InChI is InChI=1S/C24H23Cl2N3O5S/c1-33-20-10-11-22(34-2)23(13-20)35(31,32)29(15-17-6-4-3-5-7-17)16-24(30)28-27-14-18-8-9-19(25)12-21(18)26/h3-14H,15-16H2,1-2H3,(H,28,30)/b27-14+. The molecule has 0 aromatic heterocycles. The van der Waals surface area contributed by atoms with Crippen LogP contribution in [0.15, 0.2) is 76.7 Å². The molecule has 0 atom stereocenters. The van der Waals surface area contributed by atoms with Gasteiger partial charge in [-0.05, 0) is 29.8 Å². The zero-order valence-electron chi connectivity index (χ0n) is 18.9. The van der Waals surface area contributed by atoms with Crippen LogP contribution < -0.4 is 14.9 Å². The smallest absolute Gasteiger partial charge is 0.255 e. The maximum atomic E-state index is 13.6. The predicted molar refractivity (Wildman–Crippen MR) is 136 cm³/mol. The SMILES string of the molecule is COc1ccc(OC)c(S(=O)(=O)N(CC(=O)N/N=C/c2ccc(Cl)cc2Cl)Cc2ccccc2)c1. The summed E-state index contributed by atoms with van der Waals surface area (Å²) in [6, 6.07) is 18.2. The summed E-state index contributed by atoms with van der Waals surface area (Å²) in [5.74, 6) is -0.190. The summed E-state index contributed by atoms with van der Waals surface area (Å²) < 4.78 is 38.8. The molecule has 3 aromatic carbocycles. The third-order valence-corrected chi connectivity index (χ3v) is 7.24. The first-order chi connectivity index (χ1) is 16.7. The van der Waals surface area contributed by atoms with E-state index >= 15 is 0 Å². The number of rotatable bonds is 10. The third kappa shape index (κ3) is 6.95. The van der Waals surface area contributed by atoms with Crippen molar-refractivity contribution in [3.05, 3.63) is 87.9 Å². The van der Waals surface area contributed by atoms with Gasteiger partial charge in [0.1, 0.15) is 16.4 Å². The average molecular weight is 536 g/mol. The molecule has 0 unspecified atom stereocenters. The van der Waals surface area contributed by atoms with Crippen molar-refractivity contribution >= 4 is 45.3 Å². The second-order valence-electron chi connectivity index (χ2n) is 7.23. The lowest BCUT2D eigenvalue weighted by atomic mass is 10.2. The minimum Gasteiger partial charge on any atom is -0.497 e. The van der Waals surface area contributed by atoms with Gasteiger partial charge in [0.05, 0.1) is 32.0 Å². The number of nitrogens with zero attached hydrogens (tertiary/aromatic N) is 2. The number of carbonyl (C=O) groups is 1. The first-order valence-corrected chi connectivity index (χ1v) is 12.5. The van der Waals surface area contributed by atoms with Crippen molar-refractivity contribution in [3.8, 4) is 11.5 Å². The molecule has 11 heteroatoms. The van der Waals surface area contributed by atoms with Crippen LogP contribution in [0.1, 0.15) is 11.1 Å². The molecule has 0 fully saturated rings. The molecule has 0 aliphatic heterocycles. The molecule has 0 radical (unpaired) electrons. The van der Waals surface area contributed by atoms with Crippen molar-refractivity contribution < 1.29 is 22.7 Å². The van der Waals surface area contributed by atoms with Crippen LogP contribution in [0.25, 0.3) is 0 Å². The molecule has 0 aliphatic carbocycles. The summed E-state index contributed by atoms with van der Waals surface area (Å²) in [6.07, 6.45) is 1.34. The molecule has 1 amide bonds. The fourth-order valence-electron chi connectivity index (χ4n) is 3.11. The number of nitrogens with one attached hydrogen (secondary N) is 1.